The second-order valence-corrected chi connectivity index (χ2v) is 36.2. The molecule has 0 saturated heterocycles. The fourth-order valence-electron chi connectivity index (χ4n) is 21.3. The number of aliphatic hydroxyl groups is 3. The monoisotopic (exact) mass is 1700 g/mol. The number of benzene rings is 14. The molecule has 24 heteroatoms. The number of carbonyl (C=O) groups excluding carboxylic acids is 3. The second kappa shape index (κ2) is 32.6. The SMILES string of the molecule is CCCCB1N=c2c(=C3C(=O)C(c4ccc5cccc6c5c4NB(CCCC)O6)=C3O)ccc3cccc(c23)O1.Cc1ccc(B2N=c3c(=C4C(=O)C(c5ccc6cccc7c6c5NB(c5ccc(C)cc5)O7)=C4O)ccc4cccc(c34)O2)cc1.O=C1C(c2ccc3cccc4c3c2NB(C2CCCCC2)O4)=C(O)C1=c1ccc2cccc3c2c1=NB(C1CCCCC1)O3. The quantitative estimate of drug-likeness (QED) is 0.0588. The first-order chi connectivity index (χ1) is 63.7. The first kappa shape index (κ1) is 80.4. The van der Waals surface area contributed by atoms with Crippen LogP contribution < -0.4 is 86.3 Å². The van der Waals surface area contributed by atoms with Crippen molar-refractivity contribution in [3.8, 4) is 34.5 Å². The number of hydrogen-bond donors (Lipinski definition) is 6. The van der Waals surface area contributed by atoms with E-state index in [0.717, 1.165) is 213 Å². The van der Waals surface area contributed by atoms with Crippen LogP contribution in [-0.4, -0.2) is 75.0 Å². The van der Waals surface area contributed by atoms with E-state index in [1.54, 1.807) is 0 Å². The zero-order valence-electron chi connectivity index (χ0n) is 72.7. The van der Waals surface area contributed by atoms with Gasteiger partial charge in [0.15, 0.2) is 0 Å². The molecule has 5 aliphatic carbocycles. The zero-order valence-corrected chi connectivity index (χ0v) is 72.7. The van der Waals surface area contributed by atoms with Gasteiger partial charge in [0.25, 0.3) is 0 Å². The van der Waals surface area contributed by atoms with Gasteiger partial charge in [0.1, 0.15) is 51.8 Å². The Kier molecular flexibility index (Phi) is 20.1. The summed E-state index contributed by atoms with van der Waals surface area (Å²) in [6.07, 6.45) is 17.5. The maximum Gasteiger partial charge on any atom is 0.538 e. The second-order valence-electron chi connectivity index (χ2n) is 36.2. The van der Waals surface area contributed by atoms with E-state index in [4.69, 9.17) is 42.6 Å². The molecule has 2 saturated carbocycles. The molecule has 0 aromatic heterocycles. The van der Waals surface area contributed by atoms with Gasteiger partial charge in [-0.25, -0.2) is 0 Å². The van der Waals surface area contributed by atoms with Crippen LogP contribution in [0.15, 0.2) is 263 Å². The minimum atomic E-state index is -0.576. The van der Waals surface area contributed by atoms with Crippen molar-refractivity contribution in [2.45, 2.75) is 142 Å². The molecular weight excluding hydrogens is 1610 g/mol. The number of hydrogen-bond acceptors (Lipinski definition) is 18. The van der Waals surface area contributed by atoms with E-state index in [1.807, 2.05) is 238 Å². The van der Waals surface area contributed by atoms with E-state index < -0.39 is 14.1 Å². The van der Waals surface area contributed by atoms with Crippen molar-refractivity contribution in [1.82, 2.24) is 0 Å². The number of ketones is 3. The summed E-state index contributed by atoms with van der Waals surface area (Å²) in [6.45, 7) is 8.39. The average molecular weight is 1700 g/mol. The highest BCUT2D eigenvalue weighted by molar-refractivity contribution is 6.72. The van der Waals surface area contributed by atoms with Crippen LogP contribution in [0.25, 0.3) is 98.1 Å². The molecule has 6 aliphatic heterocycles. The summed E-state index contributed by atoms with van der Waals surface area (Å²) in [6, 6.07) is 75.6. The predicted octanol–water partition coefficient (Wildman–Crippen LogP) is 18.2. The minimum absolute atomic E-state index is 0.0105. The molecule has 634 valence electrons. The lowest BCUT2D eigenvalue weighted by atomic mass is 9.59. The Labute approximate surface area is 752 Å². The standard InChI is InChI=1S/C38H26B2N2O4.C36H34B2N2O4.C32H30B2N2O4/c1-21-9-15-25(16-10-21)39-41-35-27(19-13-23-5-3-7-29(45-39)31(23)35)33-37(43)34(38(33)44)28-20-14-24-6-4-8-30-32(24)36(28)42-40(46-30)26-17-11-22(2)12-18-26;41-35-31(25-19-17-21-9-7-15-27-29(21)33(25)39-37(43-27)23-11-3-1-4-12-23)36(42)32(35)26-20-18-22-10-8-16-28-30(22)34(26)40-38(44-28)24-13-5-2-6-14-24;1-3-5-17-33-35-29-21(15-13-19-9-7-11-23(39-33)25(19)29)27-31(37)28(32(27)38)22-16-14-20-10-8-12-24-26(20)30(22)36-34(40-24)18-6-4-2/h3-20,41,43H,1-2H3;7-10,15-20,23-24,39,41H,1-6,11-14H2;7-16,35,37H,3-6,17-18H2,1-2H3. The Morgan fingerprint density at radius 2 is 0.731 bits per heavy atom. The summed E-state index contributed by atoms with van der Waals surface area (Å²) >= 11 is 0. The average Bonchev–Trinajstić information content (AvgIpc) is 0.719. The van der Waals surface area contributed by atoms with E-state index >= 15 is 0 Å². The van der Waals surface area contributed by atoms with Crippen LogP contribution >= 0.6 is 0 Å². The maximum absolute atomic E-state index is 14.2. The van der Waals surface area contributed by atoms with Crippen LogP contribution in [0.5, 0.6) is 34.5 Å². The summed E-state index contributed by atoms with van der Waals surface area (Å²) in [5, 5.41) is 61.2. The number of carbonyl (C=O) groups is 3. The number of unbranched alkanes of at least 4 members (excludes halogenated alkanes) is 2. The topological polar surface area (TPSA) is 240 Å². The first-order valence-corrected chi connectivity index (χ1v) is 46.2. The number of Topliss-reactive ketones (excluding diaryl/α,β-unsaturated/α-hetero) is 3. The van der Waals surface area contributed by atoms with Crippen LogP contribution in [0.4, 0.5) is 17.1 Å². The highest BCUT2D eigenvalue weighted by Crippen LogP contribution is 2.52. The molecule has 0 unspecified atom stereocenters. The number of anilines is 3. The van der Waals surface area contributed by atoms with Crippen LogP contribution in [0.3, 0.4) is 0 Å². The van der Waals surface area contributed by atoms with Gasteiger partial charge >= 0.3 is 42.3 Å². The molecule has 14 aromatic rings. The largest absolute Gasteiger partial charge is 0.541 e. The van der Waals surface area contributed by atoms with Crippen molar-refractivity contribution in [3.63, 3.8) is 0 Å². The van der Waals surface area contributed by atoms with Gasteiger partial charge in [0.05, 0.1) is 49.5 Å². The summed E-state index contributed by atoms with van der Waals surface area (Å²) in [7, 11) is -1.97. The summed E-state index contributed by atoms with van der Waals surface area (Å²) < 4.78 is 38.2. The molecule has 0 atom stereocenters. The van der Waals surface area contributed by atoms with E-state index in [0.29, 0.717) is 71.8 Å². The third-order valence-corrected chi connectivity index (χ3v) is 28.0. The highest BCUT2D eigenvalue weighted by atomic mass is 16.5. The van der Waals surface area contributed by atoms with Gasteiger partial charge in [-0.15, -0.1) is 0 Å². The smallest absolute Gasteiger partial charge is 0.538 e. The molecule has 0 radical (unpaired) electrons. The van der Waals surface area contributed by atoms with Gasteiger partial charge in [-0.3, -0.25) is 29.1 Å². The van der Waals surface area contributed by atoms with Gasteiger partial charge in [0, 0.05) is 93.4 Å². The molecule has 0 bridgehead atoms. The summed E-state index contributed by atoms with van der Waals surface area (Å²) in [5.41, 5.74) is 10.6. The lowest BCUT2D eigenvalue weighted by molar-refractivity contribution is -0.110. The molecular formula is C106H90B6N6O12. The van der Waals surface area contributed by atoms with Crippen LogP contribution in [0, 0.1) is 13.8 Å². The number of aliphatic hydroxyl groups excluding tert-OH is 3. The number of aryl methyl sites for hydroxylation is 2. The van der Waals surface area contributed by atoms with Gasteiger partial charge in [0.2, 0.25) is 17.3 Å². The third-order valence-electron chi connectivity index (χ3n) is 28.0. The fourth-order valence-corrected chi connectivity index (χ4v) is 21.3. The minimum Gasteiger partial charge on any atom is -0.541 e. The molecule has 0 spiro atoms. The lowest BCUT2D eigenvalue weighted by Crippen LogP contribution is -2.46. The van der Waals surface area contributed by atoms with E-state index in [1.165, 1.54) is 38.5 Å². The Balaban J connectivity index is 0.000000111. The molecule has 6 N–H and O–H groups in total. The highest BCUT2D eigenvalue weighted by Gasteiger charge is 2.46. The lowest BCUT2D eigenvalue weighted by Gasteiger charge is -2.34. The fraction of sp³-hybridized carbons (Fsp3) is 0.208. The number of nitrogens with one attached hydrogen (secondary N) is 3. The van der Waals surface area contributed by atoms with E-state index in [2.05, 4.69) is 35.6 Å². The predicted molar refractivity (Wildman–Crippen MR) is 524 cm³/mol. The van der Waals surface area contributed by atoms with Crippen molar-refractivity contribution in [3.05, 3.63) is 307 Å². The number of nitrogens with zero attached hydrogens (tertiary/aromatic N) is 3. The van der Waals surface area contributed by atoms with E-state index in [-0.39, 0.29) is 74.0 Å². The summed E-state index contributed by atoms with van der Waals surface area (Å²) in [5.74, 6) is 4.85. The third kappa shape index (κ3) is 13.5. The molecule has 6 heterocycles. The van der Waals surface area contributed by atoms with Crippen molar-refractivity contribution in [1.29, 1.82) is 0 Å². The number of rotatable bonds is 13. The molecule has 14 aromatic carbocycles. The Hall–Kier alpha value is -14.1. The molecule has 0 amide bonds. The van der Waals surface area contributed by atoms with Gasteiger partial charge in [-0.05, 0) is 106 Å². The maximum atomic E-state index is 14.2. The van der Waals surface area contributed by atoms with Crippen molar-refractivity contribution in [2.24, 2.45) is 14.7 Å². The van der Waals surface area contributed by atoms with Crippen molar-refractivity contribution in [2.75, 3.05) is 15.7 Å². The van der Waals surface area contributed by atoms with Gasteiger partial charge in [-0.1, -0.05) is 309 Å². The summed E-state index contributed by atoms with van der Waals surface area (Å²) in [4.78, 5) is 57.4. The number of allylic oxidation sites excluding steroid dienone is 6. The van der Waals surface area contributed by atoms with Crippen LogP contribution in [-0.2, 0) is 14.4 Å². The van der Waals surface area contributed by atoms with E-state index in [9.17, 15) is 29.7 Å². The Morgan fingerprint density at radius 1 is 0.346 bits per heavy atom. The van der Waals surface area contributed by atoms with Crippen molar-refractivity contribution >= 4 is 186 Å². The molecule has 11 aliphatic rings. The van der Waals surface area contributed by atoms with Crippen molar-refractivity contribution < 1.29 is 57.6 Å². The first-order valence-electron chi connectivity index (χ1n) is 46.2. The van der Waals surface area contributed by atoms with Crippen LogP contribution in [0.2, 0.25) is 24.3 Å². The molecule has 18 nitrogen and oxygen atoms in total. The zero-order chi connectivity index (χ0) is 87.8. The van der Waals surface area contributed by atoms with Gasteiger partial charge < -0.3 is 58.9 Å². The van der Waals surface area contributed by atoms with Gasteiger partial charge in [-0.2, -0.15) is 0 Å². The Morgan fingerprint density at radius 3 is 1.21 bits per heavy atom. The molecule has 2 fully saturated rings. The Bertz CT molecular complexity index is 7790. The molecule has 25 rings (SSSR count). The normalized spacial score (nSPS) is 18.2. The molecule has 130 heavy (non-hydrogen) atoms. The van der Waals surface area contributed by atoms with Crippen LogP contribution in [0.1, 0.15) is 132 Å².